The van der Waals surface area contributed by atoms with E-state index in [2.05, 4.69) is 42.5 Å². The summed E-state index contributed by atoms with van der Waals surface area (Å²) in [6.45, 7) is 1.97. The highest BCUT2D eigenvalue weighted by molar-refractivity contribution is 14.1. The van der Waals surface area contributed by atoms with E-state index in [0.29, 0.717) is 0 Å². The number of aromatic amines is 1. The first kappa shape index (κ1) is 14.3. The maximum Gasteiger partial charge on any atom is 0.116 e. The van der Waals surface area contributed by atoms with Gasteiger partial charge in [0.25, 0.3) is 0 Å². The number of H-pyrrole nitrogens is 1. The van der Waals surface area contributed by atoms with Gasteiger partial charge in [0.15, 0.2) is 0 Å². The van der Waals surface area contributed by atoms with E-state index < -0.39 is 0 Å². The van der Waals surface area contributed by atoms with Gasteiger partial charge in [-0.3, -0.25) is 9.97 Å². The van der Waals surface area contributed by atoms with Crippen LogP contribution in [0, 0.1) is 10.5 Å². The molecular weight excluding hydrogens is 401 g/mol. The Morgan fingerprint density at radius 1 is 0.957 bits per heavy atom. The van der Waals surface area contributed by atoms with Crippen molar-refractivity contribution in [2.24, 2.45) is 0 Å². The second-order valence-electron chi connectivity index (χ2n) is 5.18. The zero-order valence-corrected chi connectivity index (χ0v) is 14.4. The molecule has 4 rings (SSSR count). The summed E-state index contributed by atoms with van der Waals surface area (Å²) in [5.41, 5.74) is 6.04. The van der Waals surface area contributed by atoms with Gasteiger partial charge in [-0.15, -0.1) is 0 Å². The van der Waals surface area contributed by atoms with Gasteiger partial charge in [-0.2, -0.15) is 0 Å². The quantitative estimate of drug-likeness (QED) is 0.505. The van der Waals surface area contributed by atoms with E-state index in [1.807, 2.05) is 49.5 Å². The molecule has 0 spiro atoms. The third kappa shape index (κ3) is 2.70. The number of aryl methyl sites for hydroxylation is 1. The number of halogens is 1. The molecule has 4 aromatic rings. The fourth-order valence-electron chi connectivity index (χ4n) is 2.48. The van der Waals surface area contributed by atoms with Crippen LogP contribution in [0.15, 0.2) is 48.9 Å². The molecule has 0 aliphatic heterocycles. The van der Waals surface area contributed by atoms with Gasteiger partial charge in [0.2, 0.25) is 0 Å². The van der Waals surface area contributed by atoms with E-state index in [9.17, 15) is 0 Å². The van der Waals surface area contributed by atoms with Crippen LogP contribution in [0.3, 0.4) is 0 Å². The summed E-state index contributed by atoms with van der Waals surface area (Å²) in [5, 5.41) is 0. The van der Waals surface area contributed by atoms with Crippen LogP contribution in [0.25, 0.3) is 33.8 Å². The van der Waals surface area contributed by atoms with Gasteiger partial charge in [-0.05, 0) is 59.8 Å². The van der Waals surface area contributed by atoms with Crippen LogP contribution in [-0.4, -0.2) is 24.9 Å². The molecule has 4 aromatic heterocycles. The van der Waals surface area contributed by atoms with E-state index in [4.69, 9.17) is 4.98 Å². The fourth-order valence-corrected chi connectivity index (χ4v) is 2.91. The highest BCUT2D eigenvalue weighted by Crippen LogP contribution is 2.27. The van der Waals surface area contributed by atoms with Gasteiger partial charge in [0.1, 0.15) is 5.69 Å². The topological polar surface area (TPSA) is 67.3 Å². The minimum Gasteiger partial charge on any atom is -0.343 e. The monoisotopic (exact) mass is 413 g/mol. The van der Waals surface area contributed by atoms with Crippen molar-refractivity contribution in [3.63, 3.8) is 0 Å². The van der Waals surface area contributed by atoms with E-state index >= 15 is 0 Å². The van der Waals surface area contributed by atoms with Crippen LogP contribution in [0.5, 0.6) is 0 Å². The molecule has 4 heterocycles. The second kappa shape index (κ2) is 5.69. The fraction of sp³-hybridized carbons (Fsp3) is 0.0588. The highest BCUT2D eigenvalue weighted by atomic mass is 127. The molecule has 0 saturated carbocycles. The molecule has 112 valence electrons. The number of rotatable bonds is 2. The molecule has 23 heavy (non-hydrogen) atoms. The molecule has 0 radical (unpaired) electrons. The Hall–Kier alpha value is -2.35. The van der Waals surface area contributed by atoms with Crippen LogP contribution in [0.4, 0.5) is 0 Å². The predicted octanol–water partition coefficient (Wildman–Crippen LogP) is 3.99. The SMILES string of the molecule is Cc1cccc(-c2nc[nH]c2-c2ccc3ncc(I)cc3n2)n1. The number of hydrogen-bond acceptors (Lipinski definition) is 4. The van der Waals surface area contributed by atoms with Gasteiger partial charge in [-0.25, -0.2) is 9.97 Å². The third-order valence-corrected chi connectivity index (χ3v) is 4.12. The Morgan fingerprint density at radius 2 is 1.87 bits per heavy atom. The zero-order chi connectivity index (χ0) is 15.8. The summed E-state index contributed by atoms with van der Waals surface area (Å²) < 4.78 is 1.06. The maximum absolute atomic E-state index is 4.72. The molecule has 6 heteroatoms. The molecular formula is C17H12IN5. The minimum atomic E-state index is 0.805. The number of nitrogens with one attached hydrogen (secondary N) is 1. The second-order valence-corrected chi connectivity index (χ2v) is 6.42. The minimum absolute atomic E-state index is 0.805. The summed E-state index contributed by atoms with van der Waals surface area (Å²) in [6, 6.07) is 11.9. The Bertz CT molecular complexity index is 1010. The molecule has 0 atom stereocenters. The molecule has 0 unspecified atom stereocenters. The zero-order valence-electron chi connectivity index (χ0n) is 12.3. The Balaban J connectivity index is 1.87. The number of aromatic nitrogens is 5. The van der Waals surface area contributed by atoms with E-state index in [1.54, 1.807) is 6.33 Å². The van der Waals surface area contributed by atoms with Gasteiger partial charge < -0.3 is 4.98 Å². The van der Waals surface area contributed by atoms with Gasteiger partial charge in [-0.1, -0.05) is 6.07 Å². The molecule has 0 aliphatic carbocycles. The number of hydrogen-bond donors (Lipinski definition) is 1. The summed E-state index contributed by atoms with van der Waals surface area (Å²) in [7, 11) is 0. The normalized spacial score (nSPS) is 11.0. The van der Waals surface area contributed by atoms with Crippen molar-refractivity contribution in [3.8, 4) is 22.8 Å². The first-order valence-electron chi connectivity index (χ1n) is 7.11. The highest BCUT2D eigenvalue weighted by Gasteiger charge is 2.13. The summed E-state index contributed by atoms with van der Waals surface area (Å²) in [6.07, 6.45) is 3.51. The van der Waals surface area contributed by atoms with Crippen LogP contribution < -0.4 is 0 Å². The summed E-state index contributed by atoms with van der Waals surface area (Å²) >= 11 is 2.24. The first-order chi connectivity index (χ1) is 11.2. The molecule has 0 amide bonds. The standard InChI is InChI=1S/C17H12IN5/c1-10-3-2-4-13(22-10)16-17(21-9-20-16)14-6-5-12-15(23-14)7-11(18)8-19-12/h2-9H,1H3,(H,20,21). The van der Waals surface area contributed by atoms with Crippen molar-refractivity contribution in [2.75, 3.05) is 0 Å². The number of imidazole rings is 1. The lowest BCUT2D eigenvalue weighted by Crippen LogP contribution is -1.92. The van der Waals surface area contributed by atoms with Crippen molar-refractivity contribution in [3.05, 3.63) is 58.2 Å². The molecule has 0 saturated heterocycles. The predicted molar refractivity (Wildman–Crippen MR) is 97.8 cm³/mol. The van der Waals surface area contributed by atoms with Gasteiger partial charge in [0.05, 0.1) is 34.4 Å². The third-order valence-electron chi connectivity index (χ3n) is 3.53. The van der Waals surface area contributed by atoms with Crippen molar-refractivity contribution in [1.82, 2.24) is 24.9 Å². The molecule has 0 aliphatic rings. The van der Waals surface area contributed by atoms with Crippen LogP contribution in [0.1, 0.15) is 5.69 Å². The number of pyridine rings is 3. The number of nitrogens with zero attached hydrogens (tertiary/aromatic N) is 4. The summed E-state index contributed by atoms with van der Waals surface area (Å²) in [4.78, 5) is 21.3. The molecule has 1 N–H and O–H groups in total. The lowest BCUT2D eigenvalue weighted by molar-refractivity contribution is 1.19. The average Bonchev–Trinajstić information content (AvgIpc) is 3.03. The average molecular weight is 413 g/mol. The van der Waals surface area contributed by atoms with Gasteiger partial charge >= 0.3 is 0 Å². The molecule has 0 bridgehead atoms. The van der Waals surface area contributed by atoms with Crippen LogP contribution in [-0.2, 0) is 0 Å². The van der Waals surface area contributed by atoms with Crippen molar-refractivity contribution >= 4 is 33.6 Å². The summed E-state index contributed by atoms with van der Waals surface area (Å²) in [5.74, 6) is 0. The lowest BCUT2D eigenvalue weighted by atomic mass is 10.1. The Kier molecular flexibility index (Phi) is 3.53. The van der Waals surface area contributed by atoms with Crippen molar-refractivity contribution in [2.45, 2.75) is 6.92 Å². The smallest absolute Gasteiger partial charge is 0.116 e. The maximum atomic E-state index is 4.72. The van der Waals surface area contributed by atoms with Crippen LogP contribution >= 0.6 is 22.6 Å². The van der Waals surface area contributed by atoms with E-state index in [0.717, 1.165) is 43.1 Å². The molecule has 0 aromatic carbocycles. The Labute approximate surface area is 146 Å². The largest absolute Gasteiger partial charge is 0.343 e. The Morgan fingerprint density at radius 3 is 2.74 bits per heavy atom. The van der Waals surface area contributed by atoms with Crippen LogP contribution in [0.2, 0.25) is 0 Å². The van der Waals surface area contributed by atoms with Crippen molar-refractivity contribution < 1.29 is 0 Å². The first-order valence-corrected chi connectivity index (χ1v) is 8.19. The van der Waals surface area contributed by atoms with Gasteiger partial charge in [0, 0.05) is 15.5 Å². The lowest BCUT2D eigenvalue weighted by Gasteiger charge is -2.05. The number of fused-ring (bicyclic) bond motifs is 1. The molecule has 5 nitrogen and oxygen atoms in total. The van der Waals surface area contributed by atoms with E-state index in [-0.39, 0.29) is 0 Å². The van der Waals surface area contributed by atoms with E-state index in [1.165, 1.54) is 0 Å². The molecule has 0 fully saturated rings. The van der Waals surface area contributed by atoms with Crippen molar-refractivity contribution in [1.29, 1.82) is 0 Å².